The summed E-state index contributed by atoms with van der Waals surface area (Å²) in [6.45, 7) is 6.79. The Labute approximate surface area is 117 Å². The van der Waals surface area contributed by atoms with Crippen LogP contribution >= 0.6 is 23.2 Å². The summed E-state index contributed by atoms with van der Waals surface area (Å²) in [6.07, 6.45) is 0. The molecule has 0 saturated carbocycles. The number of rotatable bonds is 3. The van der Waals surface area contributed by atoms with Gasteiger partial charge in [0, 0.05) is 5.56 Å². The molecule has 0 radical (unpaired) electrons. The van der Waals surface area contributed by atoms with Gasteiger partial charge in [0.25, 0.3) is 5.91 Å². The van der Waals surface area contributed by atoms with E-state index in [4.69, 9.17) is 23.2 Å². The lowest BCUT2D eigenvalue weighted by molar-refractivity contribution is -0.00292. The normalized spacial score (nSPS) is 12.4. The van der Waals surface area contributed by atoms with E-state index in [0.29, 0.717) is 15.6 Å². The fourth-order valence-electron chi connectivity index (χ4n) is 1.15. The van der Waals surface area contributed by atoms with Gasteiger partial charge in [0.1, 0.15) is 0 Å². The monoisotopic (exact) mass is 289 g/mol. The standard InChI is InChI=1S/C13H17Cl2NO2/c1-12(2,13(3,4)18)16-11(17)8-5-6-9(14)10(15)7-8/h5-7,18H,1-4H3,(H,16,17). The molecule has 0 fully saturated rings. The molecule has 0 unspecified atom stereocenters. The average Bonchev–Trinajstić information content (AvgIpc) is 2.19. The van der Waals surface area contributed by atoms with E-state index in [2.05, 4.69) is 5.32 Å². The van der Waals surface area contributed by atoms with Gasteiger partial charge in [0.05, 0.1) is 21.2 Å². The van der Waals surface area contributed by atoms with Crippen molar-refractivity contribution in [2.24, 2.45) is 0 Å². The molecular weight excluding hydrogens is 273 g/mol. The molecule has 1 aromatic carbocycles. The quantitative estimate of drug-likeness (QED) is 0.897. The Morgan fingerprint density at radius 3 is 2.17 bits per heavy atom. The second kappa shape index (κ2) is 5.08. The van der Waals surface area contributed by atoms with Crippen LogP contribution in [0.15, 0.2) is 18.2 Å². The van der Waals surface area contributed by atoms with Crippen molar-refractivity contribution >= 4 is 29.1 Å². The highest BCUT2D eigenvalue weighted by Crippen LogP contribution is 2.24. The van der Waals surface area contributed by atoms with Gasteiger partial charge >= 0.3 is 0 Å². The minimum atomic E-state index is -1.04. The number of hydrogen-bond acceptors (Lipinski definition) is 2. The molecule has 3 nitrogen and oxygen atoms in total. The van der Waals surface area contributed by atoms with E-state index in [9.17, 15) is 9.90 Å². The Kier molecular flexibility index (Phi) is 4.31. The van der Waals surface area contributed by atoms with E-state index in [1.807, 2.05) is 0 Å². The Balaban J connectivity index is 2.93. The number of carbonyl (C=O) groups is 1. The van der Waals surface area contributed by atoms with Crippen LogP contribution in [0.2, 0.25) is 10.0 Å². The molecular formula is C13H17Cl2NO2. The lowest BCUT2D eigenvalue weighted by Crippen LogP contribution is -2.57. The lowest BCUT2D eigenvalue weighted by atomic mass is 9.86. The van der Waals surface area contributed by atoms with Crippen molar-refractivity contribution in [3.05, 3.63) is 33.8 Å². The first-order valence-electron chi connectivity index (χ1n) is 5.54. The van der Waals surface area contributed by atoms with Gasteiger partial charge in [-0.25, -0.2) is 0 Å². The van der Waals surface area contributed by atoms with Crippen LogP contribution in [0, 0.1) is 0 Å². The van der Waals surface area contributed by atoms with Crippen LogP contribution in [0.3, 0.4) is 0 Å². The number of nitrogens with one attached hydrogen (secondary N) is 1. The fraction of sp³-hybridized carbons (Fsp3) is 0.462. The lowest BCUT2D eigenvalue weighted by Gasteiger charge is -2.38. The van der Waals surface area contributed by atoms with E-state index in [0.717, 1.165) is 0 Å². The van der Waals surface area contributed by atoms with Crippen LogP contribution in [0.25, 0.3) is 0 Å². The van der Waals surface area contributed by atoms with E-state index in [1.54, 1.807) is 39.8 Å². The second-order valence-corrected chi connectivity index (χ2v) is 6.08. The molecule has 0 atom stereocenters. The largest absolute Gasteiger partial charge is 0.388 e. The third kappa shape index (κ3) is 3.37. The maximum Gasteiger partial charge on any atom is 0.251 e. The Bertz CT molecular complexity index is 465. The van der Waals surface area contributed by atoms with E-state index >= 15 is 0 Å². The summed E-state index contributed by atoms with van der Waals surface area (Å²) in [4.78, 5) is 12.0. The van der Waals surface area contributed by atoms with Gasteiger partial charge in [0.15, 0.2) is 0 Å². The predicted octanol–water partition coefficient (Wildman–Crippen LogP) is 3.27. The molecule has 1 rings (SSSR count). The van der Waals surface area contributed by atoms with Crippen molar-refractivity contribution in [2.45, 2.75) is 38.8 Å². The second-order valence-electron chi connectivity index (χ2n) is 5.27. The van der Waals surface area contributed by atoms with Crippen molar-refractivity contribution in [1.29, 1.82) is 0 Å². The number of halogens is 2. The third-order valence-corrected chi connectivity index (χ3v) is 3.88. The molecule has 0 aliphatic heterocycles. The van der Waals surface area contributed by atoms with Gasteiger partial charge in [0.2, 0.25) is 0 Å². The maximum absolute atomic E-state index is 12.0. The average molecular weight is 290 g/mol. The molecule has 18 heavy (non-hydrogen) atoms. The number of aliphatic hydroxyl groups is 1. The zero-order chi connectivity index (χ0) is 14.1. The first-order valence-corrected chi connectivity index (χ1v) is 6.30. The summed E-state index contributed by atoms with van der Waals surface area (Å²) in [7, 11) is 0. The van der Waals surface area contributed by atoms with Gasteiger partial charge in [-0.2, -0.15) is 0 Å². The van der Waals surface area contributed by atoms with Crippen LogP contribution in [0.1, 0.15) is 38.1 Å². The van der Waals surface area contributed by atoms with Crippen molar-refractivity contribution in [3.63, 3.8) is 0 Å². The highest BCUT2D eigenvalue weighted by molar-refractivity contribution is 6.42. The van der Waals surface area contributed by atoms with Crippen LogP contribution in [0.5, 0.6) is 0 Å². The first kappa shape index (κ1) is 15.3. The Morgan fingerprint density at radius 2 is 1.72 bits per heavy atom. The van der Waals surface area contributed by atoms with Gasteiger partial charge in [-0.3, -0.25) is 4.79 Å². The van der Waals surface area contributed by atoms with Crippen LogP contribution in [-0.4, -0.2) is 22.2 Å². The molecule has 1 amide bonds. The zero-order valence-electron chi connectivity index (χ0n) is 10.8. The number of benzene rings is 1. The van der Waals surface area contributed by atoms with Crippen molar-refractivity contribution < 1.29 is 9.90 Å². The van der Waals surface area contributed by atoms with Crippen molar-refractivity contribution in [1.82, 2.24) is 5.32 Å². The summed E-state index contributed by atoms with van der Waals surface area (Å²) < 4.78 is 0. The minimum absolute atomic E-state index is 0.305. The highest BCUT2D eigenvalue weighted by atomic mass is 35.5. The number of amides is 1. The van der Waals surface area contributed by atoms with Crippen molar-refractivity contribution in [3.8, 4) is 0 Å². The molecule has 0 aromatic heterocycles. The Morgan fingerprint density at radius 1 is 1.17 bits per heavy atom. The molecule has 0 heterocycles. The summed E-state index contributed by atoms with van der Waals surface area (Å²) >= 11 is 11.6. The number of hydrogen-bond donors (Lipinski definition) is 2. The first-order chi connectivity index (χ1) is 8.04. The molecule has 1 aromatic rings. The van der Waals surface area contributed by atoms with E-state index in [1.165, 1.54) is 6.07 Å². The highest BCUT2D eigenvalue weighted by Gasteiger charge is 2.36. The van der Waals surface area contributed by atoms with Crippen molar-refractivity contribution in [2.75, 3.05) is 0 Å². The Hall–Kier alpha value is -0.770. The van der Waals surface area contributed by atoms with E-state index in [-0.39, 0.29) is 5.91 Å². The summed E-state index contributed by atoms with van der Waals surface area (Å²) in [6, 6.07) is 4.65. The van der Waals surface area contributed by atoms with Gasteiger partial charge in [-0.1, -0.05) is 23.2 Å². The van der Waals surface area contributed by atoms with E-state index < -0.39 is 11.1 Å². The molecule has 2 N–H and O–H groups in total. The van der Waals surface area contributed by atoms with Gasteiger partial charge in [-0.15, -0.1) is 0 Å². The van der Waals surface area contributed by atoms with Gasteiger partial charge < -0.3 is 10.4 Å². The molecule has 0 bridgehead atoms. The molecule has 0 saturated heterocycles. The molecule has 100 valence electrons. The summed E-state index contributed by atoms with van der Waals surface area (Å²) in [5.41, 5.74) is -1.41. The predicted molar refractivity (Wildman–Crippen MR) is 74.3 cm³/mol. The van der Waals surface area contributed by atoms with Crippen LogP contribution in [0.4, 0.5) is 0 Å². The fourth-order valence-corrected chi connectivity index (χ4v) is 1.44. The third-order valence-electron chi connectivity index (χ3n) is 3.14. The molecule has 0 aliphatic rings. The minimum Gasteiger partial charge on any atom is -0.388 e. The maximum atomic E-state index is 12.0. The molecule has 0 aliphatic carbocycles. The topological polar surface area (TPSA) is 49.3 Å². The zero-order valence-corrected chi connectivity index (χ0v) is 12.4. The van der Waals surface area contributed by atoms with Crippen LogP contribution < -0.4 is 5.32 Å². The molecule has 5 heteroatoms. The SMILES string of the molecule is CC(C)(O)C(C)(C)NC(=O)c1ccc(Cl)c(Cl)c1. The summed E-state index contributed by atoms with van der Waals surface area (Å²) in [5, 5.41) is 13.5. The smallest absolute Gasteiger partial charge is 0.251 e. The van der Waals surface area contributed by atoms with Crippen LogP contribution in [-0.2, 0) is 0 Å². The van der Waals surface area contributed by atoms with Gasteiger partial charge in [-0.05, 0) is 45.9 Å². The molecule has 0 spiro atoms. The summed E-state index contributed by atoms with van der Waals surface area (Å²) in [5.74, 6) is -0.305. The number of carbonyl (C=O) groups excluding carboxylic acids is 1.